The summed E-state index contributed by atoms with van der Waals surface area (Å²) in [6.45, 7) is 0. The summed E-state index contributed by atoms with van der Waals surface area (Å²) < 4.78 is 56.6. The first-order valence-electron chi connectivity index (χ1n) is 4.37. The van der Waals surface area contributed by atoms with Crippen molar-refractivity contribution in [2.45, 2.75) is 0 Å². The first-order valence-corrected chi connectivity index (χ1v) is 4.37. The maximum atomic E-state index is 13.3. The van der Waals surface area contributed by atoms with Gasteiger partial charge in [-0.3, -0.25) is 4.79 Å². The van der Waals surface area contributed by atoms with E-state index < -0.39 is 51.2 Å². The van der Waals surface area contributed by atoms with Crippen molar-refractivity contribution in [2.24, 2.45) is 0 Å². The fourth-order valence-electron chi connectivity index (χ4n) is 1.38. The molecule has 2 aromatic rings. The third-order valence-electron chi connectivity index (χ3n) is 2.22. The number of hydrogen-bond acceptors (Lipinski definition) is 3. The second-order valence-corrected chi connectivity index (χ2v) is 3.24. The Kier molecular flexibility index (Phi) is 2.57. The molecule has 0 aliphatic carbocycles. The number of carbonyl (C=O) groups is 1. The summed E-state index contributed by atoms with van der Waals surface area (Å²) in [4.78, 5) is 22.0. The minimum absolute atomic E-state index is 0.326. The molecule has 1 heterocycles. The summed E-state index contributed by atoms with van der Waals surface area (Å²) in [6.07, 6.45) is 0.326. The molecule has 0 bridgehead atoms. The summed E-state index contributed by atoms with van der Waals surface area (Å²) in [5.74, 6) is -10.0. The van der Waals surface area contributed by atoms with E-state index in [9.17, 15) is 27.2 Å². The van der Waals surface area contributed by atoms with E-state index >= 15 is 0 Å². The molecular formula is C10H2F4O4. The molecule has 0 amide bonds. The van der Waals surface area contributed by atoms with Gasteiger partial charge in [-0.25, -0.2) is 18.0 Å². The monoisotopic (exact) mass is 262 g/mol. The van der Waals surface area contributed by atoms with Crippen LogP contribution in [0.1, 0.15) is 10.4 Å². The SMILES string of the molecule is O=C(O)c1coc2c(F)c(F)c(F)c(F)c2c1=O. The van der Waals surface area contributed by atoms with Gasteiger partial charge in [-0.15, -0.1) is 0 Å². The second-order valence-electron chi connectivity index (χ2n) is 3.24. The minimum atomic E-state index is -2.21. The molecule has 1 aromatic heterocycles. The van der Waals surface area contributed by atoms with Gasteiger partial charge in [0.05, 0.1) is 0 Å². The fourth-order valence-corrected chi connectivity index (χ4v) is 1.38. The average Bonchev–Trinajstić information content (AvgIpc) is 2.32. The Hall–Kier alpha value is -2.38. The van der Waals surface area contributed by atoms with Gasteiger partial charge in [-0.1, -0.05) is 0 Å². The molecule has 0 aliphatic heterocycles. The number of carboxylic acid groups (broad SMARTS) is 1. The average molecular weight is 262 g/mol. The highest BCUT2D eigenvalue weighted by Gasteiger charge is 2.26. The number of aromatic carboxylic acids is 1. The number of rotatable bonds is 1. The van der Waals surface area contributed by atoms with E-state index in [1.54, 1.807) is 0 Å². The minimum Gasteiger partial charge on any atom is -0.477 e. The maximum absolute atomic E-state index is 13.3. The van der Waals surface area contributed by atoms with Crippen LogP contribution in [0.2, 0.25) is 0 Å². The molecule has 4 nitrogen and oxygen atoms in total. The molecular weight excluding hydrogens is 260 g/mol. The maximum Gasteiger partial charge on any atom is 0.342 e. The van der Waals surface area contributed by atoms with Gasteiger partial charge in [0, 0.05) is 0 Å². The third-order valence-corrected chi connectivity index (χ3v) is 2.22. The predicted octanol–water partition coefficient (Wildman–Crippen LogP) is 2.05. The summed E-state index contributed by atoms with van der Waals surface area (Å²) >= 11 is 0. The number of carboxylic acids is 1. The summed E-state index contributed by atoms with van der Waals surface area (Å²) in [5.41, 5.74) is -3.70. The molecule has 0 unspecified atom stereocenters. The van der Waals surface area contributed by atoms with Crippen molar-refractivity contribution in [3.05, 3.63) is 45.3 Å². The van der Waals surface area contributed by atoms with Crippen molar-refractivity contribution >= 4 is 16.9 Å². The molecule has 8 heteroatoms. The van der Waals surface area contributed by atoms with Crippen LogP contribution in [0.3, 0.4) is 0 Å². The van der Waals surface area contributed by atoms with Crippen molar-refractivity contribution in [3.63, 3.8) is 0 Å². The van der Waals surface area contributed by atoms with E-state index in [1.807, 2.05) is 0 Å². The molecule has 94 valence electrons. The third kappa shape index (κ3) is 1.45. The quantitative estimate of drug-likeness (QED) is 0.485. The van der Waals surface area contributed by atoms with Crippen LogP contribution in [0.5, 0.6) is 0 Å². The highest BCUT2D eigenvalue weighted by molar-refractivity contribution is 5.91. The lowest BCUT2D eigenvalue weighted by Crippen LogP contribution is -2.17. The molecule has 18 heavy (non-hydrogen) atoms. The van der Waals surface area contributed by atoms with Crippen molar-refractivity contribution in [1.29, 1.82) is 0 Å². The molecule has 0 spiro atoms. The largest absolute Gasteiger partial charge is 0.477 e. The van der Waals surface area contributed by atoms with Crippen molar-refractivity contribution in [3.8, 4) is 0 Å². The van der Waals surface area contributed by atoms with Gasteiger partial charge in [0.2, 0.25) is 17.1 Å². The topological polar surface area (TPSA) is 67.5 Å². The lowest BCUT2D eigenvalue weighted by molar-refractivity contribution is 0.0693. The highest BCUT2D eigenvalue weighted by Crippen LogP contribution is 2.24. The Labute approximate surface area is 95.1 Å². The van der Waals surface area contributed by atoms with Crippen LogP contribution in [0, 0.1) is 23.3 Å². The molecule has 0 saturated carbocycles. The van der Waals surface area contributed by atoms with E-state index in [2.05, 4.69) is 4.42 Å². The molecule has 1 aromatic carbocycles. The van der Waals surface area contributed by atoms with Gasteiger partial charge in [0.15, 0.2) is 17.2 Å². The Morgan fingerprint density at radius 3 is 2.17 bits per heavy atom. The van der Waals surface area contributed by atoms with Crippen LogP contribution in [0.15, 0.2) is 15.5 Å². The molecule has 0 saturated heterocycles. The zero-order valence-electron chi connectivity index (χ0n) is 8.26. The fraction of sp³-hybridized carbons (Fsp3) is 0. The van der Waals surface area contributed by atoms with Crippen molar-refractivity contribution in [1.82, 2.24) is 0 Å². The van der Waals surface area contributed by atoms with Crippen molar-refractivity contribution in [2.75, 3.05) is 0 Å². The zero-order valence-corrected chi connectivity index (χ0v) is 8.26. The van der Waals surface area contributed by atoms with Gasteiger partial charge in [-0.2, -0.15) is 4.39 Å². The van der Waals surface area contributed by atoms with Gasteiger partial charge in [-0.05, 0) is 0 Å². The Balaban J connectivity index is 3.09. The van der Waals surface area contributed by atoms with Gasteiger partial charge in [0.1, 0.15) is 17.2 Å². The van der Waals surface area contributed by atoms with E-state index in [1.165, 1.54) is 0 Å². The lowest BCUT2D eigenvalue weighted by Gasteiger charge is -2.03. The summed E-state index contributed by atoms with van der Waals surface area (Å²) in [5, 5.41) is 7.28. The van der Waals surface area contributed by atoms with Crippen LogP contribution in [-0.4, -0.2) is 11.1 Å². The molecule has 0 fully saturated rings. The molecule has 2 rings (SSSR count). The van der Waals surface area contributed by atoms with Gasteiger partial charge < -0.3 is 9.52 Å². The number of fused-ring (bicyclic) bond motifs is 1. The van der Waals surface area contributed by atoms with E-state index in [-0.39, 0.29) is 0 Å². The molecule has 0 atom stereocenters. The van der Waals surface area contributed by atoms with Crippen LogP contribution < -0.4 is 5.43 Å². The second kappa shape index (κ2) is 3.83. The van der Waals surface area contributed by atoms with E-state index in [4.69, 9.17) is 5.11 Å². The summed E-state index contributed by atoms with van der Waals surface area (Å²) in [7, 11) is 0. The van der Waals surface area contributed by atoms with Gasteiger partial charge >= 0.3 is 5.97 Å². The van der Waals surface area contributed by atoms with Crippen LogP contribution in [0.25, 0.3) is 11.0 Å². The predicted molar refractivity (Wildman–Crippen MR) is 49.3 cm³/mol. The van der Waals surface area contributed by atoms with Crippen molar-refractivity contribution < 1.29 is 31.9 Å². The Bertz CT molecular complexity index is 735. The standard InChI is InChI=1S/C10H2F4O4/c11-4-3-8(15)2(10(16)17)1-18-9(3)7(14)6(13)5(4)12/h1H,(H,16,17). The number of benzene rings is 1. The van der Waals surface area contributed by atoms with E-state index in [0.29, 0.717) is 6.26 Å². The van der Waals surface area contributed by atoms with Crippen LogP contribution in [0.4, 0.5) is 17.6 Å². The van der Waals surface area contributed by atoms with Gasteiger partial charge in [0.25, 0.3) is 0 Å². The first-order chi connectivity index (χ1) is 8.36. The lowest BCUT2D eigenvalue weighted by atomic mass is 10.1. The summed E-state index contributed by atoms with van der Waals surface area (Å²) in [6, 6.07) is 0. The van der Waals surface area contributed by atoms with Crippen LogP contribution in [-0.2, 0) is 0 Å². The Morgan fingerprint density at radius 2 is 1.61 bits per heavy atom. The molecule has 0 aliphatic rings. The van der Waals surface area contributed by atoms with E-state index in [0.717, 1.165) is 0 Å². The van der Waals surface area contributed by atoms with Crippen LogP contribution >= 0.6 is 0 Å². The zero-order chi connectivity index (χ0) is 13.6. The smallest absolute Gasteiger partial charge is 0.342 e. The highest BCUT2D eigenvalue weighted by atomic mass is 19.2. The Morgan fingerprint density at radius 1 is 1.06 bits per heavy atom. The first kappa shape index (κ1) is 12.1. The number of hydrogen-bond donors (Lipinski definition) is 1. The number of halogens is 4. The molecule has 1 N–H and O–H groups in total. The normalized spacial score (nSPS) is 10.9. The molecule has 0 radical (unpaired) electrons.